The second kappa shape index (κ2) is 5.76. The summed E-state index contributed by atoms with van der Waals surface area (Å²) in [4.78, 5) is 23.6. The van der Waals surface area contributed by atoms with Crippen molar-refractivity contribution in [3.8, 4) is 0 Å². The van der Waals surface area contributed by atoms with Crippen LogP contribution in [0.5, 0.6) is 0 Å². The summed E-state index contributed by atoms with van der Waals surface area (Å²) in [6.45, 7) is 0. The molecule has 1 unspecified atom stereocenters. The van der Waals surface area contributed by atoms with Crippen LogP contribution in [0.1, 0.15) is 37.7 Å². The fourth-order valence-electron chi connectivity index (χ4n) is 2.41. The van der Waals surface area contributed by atoms with E-state index in [1.54, 1.807) is 0 Å². The van der Waals surface area contributed by atoms with Crippen molar-refractivity contribution in [2.75, 3.05) is 0 Å². The quantitative estimate of drug-likeness (QED) is 0.745. The Morgan fingerprint density at radius 3 is 2.65 bits per heavy atom. The van der Waals surface area contributed by atoms with E-state index in [4.69, 9.17) is 0 Å². The second-order valence-corrected chi connectivity index (χ2v) is 4.72. The molecule has 0 aliphatic heterocycles. The van der Waals surface area contributed by atoms with Crippen LogP contribution in [0.15, 0.2) is 30.3 Å². The van der Waals surface area contributed by atoms with Gasteiger partial charge in [0.2, 0.25) is 0 Å². The Balaban J connectivity index is 1.87. The molecule has 2 nitrogen and oxygen atoms in total. The van der Waals surface area contributed by atoms with E-state index in [0.717, 1.165) is 25.7 Å². The normalized spacial score (nSPS) is 20.2. The maximum absolute atomic E-state index is 12.0. The van der Waals surface area contributed by atoms with Crippen LogP contribution in [-0.4, -0.2) is 11.6 Å². The predicted molar refractivity (Wildman–Crippen MR) is 66.7 cm³/mol. The average molecular weight is 230 g/mol. The van der Waals surface area contributed by atoms with Crippen LogP contribution in [0, 0.1) is 5.92 Å². The van der Waals surface area contributed by atoms with Gasteiger partial charge in [-0.25, -0.2) is 0 Å². The Morgan fingerprint density at radius 1 is 1.18 bits per heavy atom. The molecule has 17 heavy (non-hydrogen) atoms. The zero-order chi connectivity index (χ0) is 12.1. The van der Waals surface area contributed by atoms with Gasteiger partial charge in [-0.2, -0.15) is 0 Å². The van der Waals surface area contributed by atoms with Gasteiger partial charge in [-0.15, -0.1) is 0 Å². The van der Waals surface area contributed by atoms with Crippen molar-refractivity contribution in [3.63, 3.8) is 0 Å². The van der Waals surface area contributed by atoms with Crippen molar-refractivity contribution in [2.45, 2.75) is 38.5 Å². The van der Waals surface area contributed by atoms with E-state index >= 15 is 0 Å². The Bertz CT molecular complexity index is 395. The lowest BCUT2D eigenvalue weighted by Crippen LogP contribution is -2.27. The van der Waals surface area contributed by atoms with Gasteiger partial charge in [0, 0.05) is 12.8 Å². The smallest absolute Gasteiger partial charge is 0.143 e. The molecule has 1 aliphatic rings. The molecule has 0 bridgehead atoms. The van der Waals surface area contributed by atoms with Crippen molar-refractivity contribution in [1.82, 2.24) is 0 Å². The zero-order valence-corrected chi connectivity index (χ0v) is 10.0. The molecule has 0 saturated heterocycles. The molecule has 2 rings (SSSR count). The fourth-order valence-corrected chi connectivity index (χ4v) is 2.41. The molecule has 2 heteroatoms. The van der Waals surface area contributed by atoms with Gasteiger partial charge in [0.25, 0.3) is 0 Å². The molecule has 0 N–H and O–H groups in total. The number of Topliss-reactive ketones (excluding diaryl/α,β-unsaturated/α-hetero) is 2. The highest BCUT2D eigenvalue weighted by Gasteiger charge is 2.27. The summed E-state index contributed by atoms with van der Waals surface area (Å²) in [5.74, 6) is 0.000303. The number of carbonyl (C=O) groups excluding carboxylic acids is 2. The van der Waals surface area contributed by atoms with E-state index in [2.05, 4.69) is 0 Å². The monoisotopic (exact) mass is 230 g/mol. The van der Waals surface area contributed by atoms with Gasteiger partial charge in [-0.1, -0.05) is 36.8 Å². The number of aryl methyl sites for hydroxylation is 1. The summed E-state index contributed by atoms with van der Waals surface area (Å²) >= 11 is 0. The molecule has 1 fully saturated rings. The van der Waals surface area contributed by atoms with Gasteiger partial charge in [0.15, 0.2) is 0 Å². The van der Waals surface area contributed by atoms with Gasteiger partial charge in [0.1, 0.15) is 11.6 Å². The van der Waals surface area contributed by atoms with Crippen molar-refractivity contribution in [2.24, 2.45) is 5.92 Å². The average Bonchev–Trinajstić information content (AvgIpc) is 2.38. The number of hydrogen-bond acceptors (Lipinski definition) is 2. The van der Waals surface area contributed by atoms with E-state index in [0.29, 0.717) is 12.8 Å². The van der Waals surface area contributed by atoms with Gasteiger partial charge in [0.05, 0.1) is 5.92 Å². The zero-order valence-electron chi connectivity index (χ0n) is 10.0. The Labute approximate surface area is 102 Å². The van der Waals surface area contributed by atoms with E-state index in [-0.39, 0.29) is 17.5 Å². The number of hydrogen-bond donors (Lipinski definition) is 0. The minimum atomic E-state index is -0.299. The number of ketones is 2. The third-order valence-corrected chi connectivity index (χ3v) is 3.45. The first-order valence-corrected chi connectivity index (χ1v) is 6.37. The lowest BCUT2D eigenvalue weighted by Gasteiger charge is -2.19. The molecule has 1 aromatic rings. The lowest BCUT2D eigenvalue weighted by atomic mass is 9.83. The predicted octanol–water partition coefficient (Wildman–Crippen LogP) is 2.95. The van der Waals surface area contributed by atoms with Crippen LogP contribution in [0.4, 0.5) is 0 Å². The molecule has 90 valence electrons. The molecule has 1 saturated carbocycles. The standard InChI is InChI=1S/C15H18O2/c16-14-9-5-4-8-13(14)15(17)11-10-12-6-2-1-3-7-12/h1-3,6-7,13H,4-5,8-11H2. The highest BCUT2D eigenvalue weighted by molar-refractivity contribution is 6.02. The van der Waals surface area contributed by atoms with Crippen LogP contribution in [0.3, 0.4) is 0 Å². The van der Waals surface area contributed by atoms with Crippen LogP contribution in [-0.2, 0) is 16.0 Å². The highest BCUT2D eigenvalue weighted by atomic mass is 16.1. The first-order valence-electron chi connectivity index (χ1n) is 6.37. The molecular weight excluding hydrogens is 212 g/mol. The van der Waals surface area contributed by atoms with Crippen molar-refractivity contribution < 1.29 is 9.59 Å². The molecule has 0 aromatic heterocycles. The topological polar surface area (TPSA) is 34.1 Å². The molecule has 1 aromatic carbocycles. The molecule has 0 radical (unpaired) electrons. The number of carbonyl (C=O) groups is 2. The molecule has 0 amide bonds. The minimum Gasteiger partial charge on any atom is -0.299 e. The maximum Gasteiger partial charge on any atom is 0.143 e. The first kappa shape index (κ1) is 12.0. The Hall–Kier alpha value is -1.44. The van der Waals surface area contributed by atoms with E-state index in [1.807, 2.05) is 30.3 Å². The summed E-state index contributed by atoms with van der Waals surface area (Å²) in [6, 6.07) is 9.97. The Morgan fingerprint density at radius 2 is 1.94 bits per heavy atom. The Kier molecular flexibility index (Phi) is 4.08. The second-order valence-electron chi connectivity index (χ2n) is 4.72. The van der Waals surface area contributed by atoms with Crippen molar-refractivity contribution in [3.05, 3.63) is 35.9 Å². The summed E-state index contributed by atoms with van der Waals surface area (Å²) in [5.41, 5.74) is 1.17. The van der Waals surface area contributed by atoms with E-state index in [1.165, 1.54) is 5.56 Å². The number of rotatable bonds is 4. The largest absolute Gasteiger partial charge is 0.299 e. The lowest BCUT2D eigenvalue weighted by molar-refractivity contribution is -0.134. The van der Waals surface area contributed by atoms with Crippen molar-refractivity contribution in [1.29, 1.82) is 0 Å². The number of benzene rings is 1. The van der Waals surface area contributed by atoms with Gasteiger partial charge < -0.3 is 0 Å². The van der Waals surface area contributed by atoms with Crippen LogP contribution in [0.25, 0.3) is 0 Å². The summed E-state index contributed by atoms with van der Waals surface area (Å²) in [7, 11) is 0. The summed E-state index contributed by atoms with van der Waals surface area (Å²) in [6.07, 6.45) is 4.60. The van der Waals surface area contributed by atoms with Crippen LogP contribution >= 0.6 is 0 Å². The maximum atomic E-state index is 12.0. The molecular formula is C15H18O2. The van der Waals surface area contributed by atoms with Gasteiger partial charge in [-0.3, -0.25) is 9.59 Å². The first-order chi connectivity index (χ1) is 8.27. The minimum absolute atomic E-state index is 0.138. The van der Waals surface area contributed by atoms with Gasteiger partial charge >= 0.3 is 0 Å². The molecule has 1 atom stereocenters. The summed E-state index contributed by atoms with van der Waals surface area (Å²) in [5, 5.41) is 0. The molecule has 0 spiro atoms. The van der Waals surface area contributed by atoms with Crippen molar-refractivity contribution >= 4 is 11.6 Å². The van der Waals surface area contributed by atoms with Crippen LogP contribution < -0.4 is 0 Å². The van der Waals surface area contributed by atoms with E-state index < -0.39 is 0 Å². The van der Waals surface area contributed by atoms with E-state index in [9.17, 15) is 9.59 Å². The SMILES string of the molecule is O=C1CCCCC1C(=O)CCc1ccccc1. The molecule has 1 aliphatic carbocycles. The van der Waals surface area contributed by atoms with Crippen LogP contribution in [0.2, 0.25) is 0 Å². The highest BCUT2D eigenvalue weighted by Crippen LogP contribution is 2.22. The summed E-state index contributed by atoms with van der Waals surface area (Å²) < 4.78 is 0. The third-order valence-electron chi connectivity index (χ3n) is 3.45. The third kappa shape index (κ3) is 3.26. The fraction of sp³-hybridized carbons (Fsp3) is 0.467. The molecule has 0 heterocycles. The van der Waals surface area contributed by atoms with Gasteiger partial charge in [-0.05, 0) is 24.8 Å².